The van der Waals surface area contributed by atoms with Crippen molar-refractivity contribution < 1.29 is 9.13 Å². The molecule has 0 radical (unpaired) electrons. The van der Waals surface area contributed by atoms with Crippen molar-refractivity contribution in [1.29, 1.82) is 0 Å². The molecule has 1 atom stereocenters. The van der Waals surface area contributed by atoms with Crippen LogP contribution in [-0.4, -0.2) is 7.05 Å². The molecular formula is C16H17BrFNO. The van der Waals surface area contributed by atoms with Gasteiger partial charge >= 0.3 is 0 Å². The van der Waals surface area contributed by atoms with Crippen molar-refractivity contribution in [1.82, 2.24) is 5.32 Å². The van der Waals surface area contributed by atoms with E-state index in [1.54, 1.807) is 12.1 Å². The van der Waals surface area contributed by atoms with Crippen LogP contribution in [0.1, 0.15) is 24.1 Å². The van der Waals surface area contributed by atoms with E-state index in [0.717, 1.165) is 15.6 Å². The second kappa shape index (κ2) is 6.37. The van der Waals surface area contributed by atoms with Crippen molar-refractivity contribution in [3.8, 4) is 11.5 Å². The highest BCUT2D eigenvalue weighted by atomic mass is 79.9. The molecular weight excluding hydrogens is 321 g/mol. The van der Waals surface area contributed by atoms with E-state index in [2.05, 4.69) is 28.2 Å². The van der Waals surface area contributed by atoms with Crippen LogP contribution in [0.25, 0.3) is 0 Å². The van der Waals surface area contributed by atoms with Crippen LogP contribution in [0, 0.1) is 12.7 Å². The number of hydrogen-bond donors (Lipinski definition) is 1. The first-order valence-electron chi connectivity index (χ1n) is 6.42. The SMILES string of the molecule is CNC(C)c1ccc(Oc2cc(C)ccc2F)cc1Br. The first-order chi connectivity index (χ1) is 9.51. The lowest BCUT2D eigenvalue weighted by molar-refractivity contribution is 0.441. The summed E-state index contributed by atoms with van der Waals surface area (Å²) in [5, 5.41) is 3.18. The molecule has 0 saturated carbocycles. The minimum Gasteiger partial charge on any atom is -0.454 e. The van der Waals surface area contributed by atoms with Gasteiger partial charge in [0, 0.05) is 10.5 Å². The molecule has 0 heterocycles. The van der Waals surface area contributed by atoms with Crippen LogP contribution in [0.4, 0.5) is 4.39 Å². The van der Waals surface area contributed by atoms with E-state index >= 15 is 0 Å². The minimum absolute atomic E-state index is 0.231. The lowest BCUT2D eigenvalue weighted by Gasteiger charge is -2.14. The third-order valence-electron chi connectivity index (χ3n) is 3.19. The van der Waals surface area contributed by atoms with Gasteiger partial charge in [-0.25, -0.2) is 4.39 Å². The van der Waals surface area contributed by atoms with Crippen LogP contribution >= 0.6 is 15.9 Å². The van der Waals surface area contributed by atoms with E-state index in [1.165, 1.54) is 6.07 Å². The molecule has 106 valence electrons. The van der Waals surface area contributed by atoms with Crippen LogP contribution < -0.4 is 10.1 Å². The maximum atomic E-state index is 13.7. The molecule has 0 amide bonds. The van der Waals surface area contributed by atoms with Gasteiger partial charge in [-0.05, 0) is 56.3 Å². The number of nitrogens with one attached hydrogen (secondary N) is 1. The number of ether oxygens (including phenoxy) is 1. The molecule has 1 unspecified atom stereocenters. The third kappa shape index (κ3) is 3.38. The van der Waals surface area contributed by atoms with Crippen LogP contribution in [0.15, 0.2) is 40.9 Å². The van der Waals surface area contributed by atoms with Crippen molar-refractivity contribution in [3.05, 3.63) is 57.8 Å². The molecule has 0 fully saturated rings. The van der Waals surface area contributed by atoms with Gasteiger partial charge in [0.1, 0.15) is 5.75 Å². The lowest BCUT2D eigenvalue weighted by Crippen LogP contribution is -2.12. The molecule has 1 N–H and O–H groups in total. The lowest BCUT2D eigenvalue weighted by atomic mass is 10.1. The Kier molecular flexibility index (Phi) is 4.78. The van der Waals surface area contributed by atoms with Gasteiger partial charge in [0.15, 0.2) is 11.6 Å². The van der Waals surface area contributed by atoms with Gasteiger partial charge < -0.3 is 10.1 Å². The number of aryl methyl sites for hydroxylation is 1. The van der Waals surface area contributed by atoms with Gasteiger partial charge in [-0.2, -0.15) is 0 Å². The average molecular weight is 338 g/mol. The average Bonchev–Trinajstić information content (AvgIpc) is 2.42. The Morgan fingerprint density at radius 1 is 1.20 bits per heavy atom. The minimum atomic E-state index is -0.362. The summed E-state index contributed by atoms with van der Waals surface area (Å²) >= 11 is 3.52. The van der Waals surface area contributed by atoms with E-state index in [0.29, 0.717) is 5.75 Å². The highest BCUT2D eigenvalue weighted by Gasteiger charge is 2.10. The van der Waals surface area contributed by atoms with Gasteiger partial charge in [0.05, 0.1) is 0 Å². The number of halogens is 2. The highest BCUT2D eigenvalue weighted by molar-refractivity contribution is 9.10. The third-order valence-corrected chi connectivity index (χ3v) is 3.87. The number of rotatable bonds is 4. The summed E-state index contributed by atoms with van der Waals surface area (Å²) < 4.78 is 20.2. The van der Waals surface area contributed by atoms with E-state index in [1.807, 2.05) is 32.2 Å². The fourth-order valence-corrected chi connectivity index (χ4v) is 2.59. The molecule has 0 bridgehead atoms. The zero-order valence-electron chi connectivity index (χ0n) is 11.7. The van der Waals surface area contributed by atoms with Crippen LogP contribution in [-0.2, 0) is 0 Å². The second-order valence-corrected chi connectivity index (χ2v) is 5.58. The fraction of sp³-hybridized carbons (Fsp3) is 0.250. The number of benzene rings is 2. The van der Waals surface area contributed by atoms with Gasteiger partial charge in [-0.3, -0.25) is 0 Å². The Morgan fingerprint density at radius 3 is 2.60 bits per heavy atom. The summed E-state index contributed by atoms with van der Waals surface area (Å²) in [6.07, 6.45) is 0. The molecule has 2 nitrogen and oxygen atoms in total. The summed E-state index contributed by atoms with van der Waals surface area (Å²) in [4.78, 5) is 0. The predicted octanol–water partition coefficient (Wildman–Crippen LogP) is 4.97. The Labute approximate surface area is 127 Å². The van der Waals surface area contributed by atoms with Crippen molar-refractivity contribution in [2.24, 2.45) is 0 Å². The first-order valence-corrected chi connectivity index (χ1v) is 7.21. The normalized spacial score (nSPS) is 12.2. The van der Waals surface area contributed by atoms with E-state index in [9.17, 15) is 4.39 Å². The predicted molar refractivity (Wildman–Crippen MR) is 82.8 cm³/mol. The highest BCUT2D eigenvalue weighted by Crippen LogP contribution is 2.31. The first kappa shape index (κ1) is 15.0. The largest absolute Gasteiger partial charge is 0.454 e. The second-order valence-electron chi connectivity index (χ2n) is 4.73. The van der Waals surface area contributed by atoms with Gasteiger partial charge in [0.25, 0.3) is 0 Å². The van der Waals surface area contributed by atoms with E-state index in [-0.39, 0.29) is 17.6 Å². The molecule has 2 aromatic rings. The van der Waals surface area contributed by atoms with Crippen molar-refractivity contribution in [2.75, 3.05) is 7.05 Å². The van der Waals surface area contributed by atoms with Crippen molar-refractivity contribution >= 4 is 15.9 Å². The molecule has 0 aromatic heterocycles. The van der Waals surface area contributed by atoms with Gasteiger partial charge in [0.2, 0.25) is 0 Å². The Balaban J connectivity index is 2.26. The molecule has 2 aromatic carbocycles. The summed E-state index contributed by atoms with van der Waals surface area (Å²) in [7, 11) is 1.91. The molecule has 0 spiro atoms. The smallest absolute Gasteiger partial charge is 0.165 e. The zero-order valence-corrected chi connectivity index (χ0v) is 13.3. The molecule has 2 rings (SSSR count). The Morgan fingerprint density at radius 2 is 1.95 bits per heavy atom. The monoisotopic (exact) mass is 337 g/mol. The maximum absolute atomic E-state index is 13.7. The summed E-state index contributed by atoms with van der Waals surface area (Å²) in [6.45, 7) is 3.97. The molecule has 0 aliphatic rings. The van der Waals surface area contributed by atoms with Crippen molar-refractivity contribution in [2.45, 2.75) is 19.9 Å². The zero-order chi connectivity index (χ0) is 14.7. The standard InChI is InChI=1S/C16H17BrFNO/c1-10-4-7-15(18)16(8-10)20-12-5-6-13(11(2)19-3)14(17)9-12/h4-9,11,19H,1-3H3. The van der Waals surface area contributed by atoms with Crippen LogP contribution in [0.2, 0.25) is 0 Å². The summed E-state index contributed by atoms with van der Waals surface area (Å²) in [5.74, 6) is 0.485. The molecule has 0 saturated heterocycles. The quantitative estimate of drug-likeness (QED) is 0.850. The van der Waals surface area contributed by atoms with Crippen LogP contribution in [0.5, 0.6) is 11.5 Å². The van der Waals surface area contributed by atoms with Crippen molar-refractivity contribution in [3.63, 3.8) is 0 Å². The Hall–Kier alpha value is -1.39. The van der Waals surface area contributed by atoms with Gasteiger partial charge in [-0.1, -0.05) is 28.1 Å². The Bertz CT molecular complexity index is 615. The molecule has 4 heteroatoms. The summed E-state index contributed by atoms with van der Waals surface area (Å²) in [5.41, 5.74) is 2.09. The van der Waals surface area contributed by atoms with E-state index in [4.69, 9.17) is 4.74 Å². The molecule has 0 aliphatic carbocycles. The molecule has 20 heavy (non-hydrogen) atoms. The fourth-order valence-electron chi connectivity index (χ4n) is 1.89. The topological polar surface area (TPSA) is 21.3 Å². The van der Waals surface area contributed by atoms with Gasteiger partial charge in [-0.15, -0.1) is 0 Å². The number of hydrogen-bond acceptors (Lipinski definition) is 2. The maximum Gasteiger partial charge on any atom is 0.165 e. The van der Waals surface area contributed by atoms with E-state index < -0.39 is 0 Å². The molecule has 0 aliphatic heterocycles. The van der Waals surface area contributed by atoms with Crippen LogP contribution in [0.3, 0.4) is 0 Å². The summed E-state index contributed by atoms with van der Waals surface area (Å²) in [6, 6.07) is 10.7.